The van der Waals surface area contributed by atoms with Gasteiger partial charge in [-0.2, -0.15) is 4.98 Å². The molecular formula is C19H26N6O3. The van der Waals surface area contributed by atoms with Crippen LogP contribution in [0.4, 0.5) is 0 Å². The largest absolute Gasteiger partial charge is 0.384 e. The molecule has 9 heteroatoms. The van der Waals surface area contributed by atoms with Gasteiger partial charge in [-0.25, -0.2) is 9.50 Å². The molecule has 2 aromatic rings. The van der Waals surface area contributed by atoms with Crippen LogP contribution in [0.25, 0.3) is 5.78 Å². The SMILES string of the molecule is COCCC(=O)N1CCC2(CCCC2NC(=O)c2nc3ncccn3n2)CC1. The van der Waals surface area contributed by atoms with Crippen LogP contribution in [-0.4, -0.2) is 69.1 Å². The third kappa shape index (κ3) is 3.58. The van der Waals surface area contributed by atoms with Crippen molar-refractivity contribution in [1.82, 2.24) is 29.8 Å². The number of amides is 2. The highest BCUT2D eigenvalue weighted by molar-refractivity contribution is 5.91. The molecule has 0 bridgehead atoms. The van der Waals surface area contributed by atoms with Crippen LogP contribution in [-0.2, 0) is 9.53 Å². The standard InChI is InChI=1S/C19H26N6O3/c1-28-13-5-15(26)24-11-7-19(8-12-24)6-2-4-14(19)21-17(27)16-22-18-20-9-3-10-25(18)23-16/h3,9-10,14H,2,4-8,11-13H2,1H3,(H,21,27). The number of likely N-dealkylation sites (tertiary alicyclic amines) is 1. The van der Waals surface area contributed by atoms with Crippen molar-refractivity contribution < 1.29 is 14.3 Å². The molecule has 2 amide bonds. The van der Waals surface area contributed by atoms with E-state index in [4.69, 9.17) is 4.74 Å². The highest BCUT2D eigenvalue weighted by atomic mass is 16.5. The maximum Gasteiger partial charge on any atom is 0.291 e. The van der Waals surface area contributed by atoms with E-state index in [0.717, 1.165) is 45.2 Å². The summed E-state index contributed by atoms with van der Waals surface area (Å²) >= 11 is 0. The fourth-order valence-electron chi connectivity index (χ4n) is 4.56. The first-order chi connectivity index (χ1) is 13.6. The van der Waals surface area contributed by atoms with Crippen molar-refractivity contribution in [3.63, 3.8) is 0 Å². The van der Waals surface area contributed by atoms with E-state index in [1.54, 1.807) is 25.6 Å². The summed E-state index contributed by atoms with van der Waals surface area (Å²) in [5.41, 5.74) is 0.0606. The first-order valence-electron chi connectivity index (χ1n) is 9.86. The van der Waals surface area contributed by atoms with Gasteiger partial charge in [0, 0.05) is 38.6 Å². The van der Waals surface area contributed by atoms with Crippen LogP contribution in [0.5, 0.6) is 0 Å². The minimum absolute atomic E-state index is 0.0606. The molecule has 1 N–H and O–H groups in total. The van der Waals surface area contributed by atoms with Crippen molar-refractivity contribution in [1.29, 1.82) is 0 Å². The quantitative estimate of drug-likeness (QED) is 0.824. The topological polar surface area (TPSA) is 102 Å². The van der Waals surface area contributed by atoms with Gasteiger partial charge in [-0.05, 0) is 37.2 Å². The predicted molar refractivity (Wildman–Crippen MR) is 101 cm³/mol. The lowest BCUT2D eigenvalue weighted by atomic mass is 9.74. The molecule has 1 aliphatic carbocycles. The average molecular weight is 386 g/mol. The summed E-state index contributed by atoms with van der Waals surface area (Å²) in [6.07, 6.45) is 8.72. The number of aromatic nitrogens is 4. The molecule has 150 valence electrons. The minimum atomic E-state index is -0.254. The fraction of sp³-hybridized carbons (Fsp3) is 0.632. The zero-order valence-corrected chi connectivity index (χ0v) is 16.1. The highest BCUT2D eigenvalue weighted by Crippen LogP contribution is 2.46. The molecule has 1 spiro atoms. The normalized spacial score (nSPS) is 21.3. The van der Waals surface area contributed by atoms with Gasteiger partial charge in [-0.1, -0.05) is 6.42 Å². The van der Waals surface area contributed by atoms with E-state index in [-0.39, 0.29) is 29.1 Å². The number of hydrogen-bond donors (Lipinski definition) is 1. The first-order valence-corrected chi connectivity index (χ1v) is 9.86. The molecular weight excluding hydrogens is 360 g/mol. The second kappa shape index (κ2) is 7.83. The van der Waals surface area contributed by atoms with Crippen LogP contribution >= 0.6 is 0 Å². The van der Waals surface area contributed by atoms with Gasteiger partial charge in [0.25, 0.3) is 11.7 Å². The summed E-state index contributed by atoms with van der Waals surface area (Å²) in [5, 5.41) is 7.38. The molecule has 3 heterocycles. The van der Waals surface area contributed by atoms with E-state index < -0.39 is 0 Å². The van der Waals surface area contributed by atoms with Gasteiger partial charge in [0.2, 0.25) is 11.7 Å². The number of carbonyl (C=O) groups is 2. The summed E-state index contributed by atoms with van der Waals surface area (Å²) in [7, 11) is 1.61. The maximum absolute atomic E-state index is 12.7. The van der Waals surface area contributed by atoms with Crippen molar-refractivity contribution in [3.8, 4) is 0 Å². The number of methoxy groups -OCH3 is 1. The zero-order valence-electron chi connectivity index (χ0n) is 16.1. The van der Waals surface area contributed by atoms with Crippen LogP contribution in [0, 0.1) is 5.41 Å². The molecule has 0 aromatic carbocycles. The van der Waals surface area contributed by atoms with Gasteiger partial charge in [-0.3, -0.25) is 9.59 Å². The molecule has 9 nitrogen and oxygen atoms in total. The van der Waals surface area contributed by atoms with Crippen LogP contribution in [0.1, 0.15) is 49.1 Å². The molecule has 1 saturated carbocycles. The van der Waals surface area contributed by atoms with Gasteiger partial charge in [0.1, 0.15) is 0 Å². The lowest BCUT2D eigenvalue weighted by molar-refractivity contribution is -0.134. The number of carbonyl (C=O) groups excluding carboxylic acids is 2. The van der Waals surface area contributed by atoms with Crippen molar-refractivity contribution >= 4 is 17.6 Å². The number of rotatable bonds is 5. The van der Waals surface area contributed by atoms with Gasteiger partial charge in [0.15, 0.2) is 0 Å². The summed E-state index contributed by atoms with van der Waals surface area (Å²) in [4.78, 5) is 35.2. The fourth-order valence-corrected chi connectivity index (χ4v) is 4.56. The van der Waals surface area contributed by atoms with Crippen LogP contribution in [0.2, 0.25) is 0 Å². The Kier molecular flexibility index (Phi) is 5.25. The summed E-state index contributed by atoms with van der Waals surface area (Å²) in [6, 6.07) is 1.84. The van der Waals surface area contributed by atoms with E-state index in [2.05, 4.69) is 20.4 Å². The lowest BCUT2D eigenvalue weighted by Crippen LogP contribution is -2.51. The van der Waals surface area contributed by atoms with Crippen LogP contribution in [0.3, 0.4) is 0 Å². The van der Waals surface area contributed by atoms with E-state index in [1.165, 1.54) is 4.52 Å². The Morgan fingerprint density at radius 1 is 1.32 bits per heavy atom. The number of ether oxygens (including phenoxy) is 1. The predicted octanol–water partition coefficient (Wildman–Crippen LogP) is 1.05. The van der Waals surface area contributed by atoms with Crippen LogP contribution in [0.15, 0.2) is 18.5 Å². The summed E-state index contributed by atoms with van der Waals surface area (Å²) < 4.78 is 6.51. The number of hydrogen-bond acceptors (Lipinski definition) is 6. The Hall–Kier alpha value is -2.55. The molecule has 2 aliphatic rings. The van der Waals surface area contributed by atoms with Crippen molar-refractivity contribution in [3.05, 3.63) is 24.3 Å². The van der Waals surface area contributed by atoms with E-state index in [0.29, 0.717) is 18.8 Å². The number of nitrogens with one attached hydrogen (secondary N) is 1. The lowest BCUT2D eigenvalue weighted by Gasteiger charge is -2.43. The molecule has 1 atom stereocenters. The Morgan fingerprint density at radius 2 is 2.14 bits per heavy atom. The second-order valence-electron chi connectivity index (χ2n) is 7.70. The molecule has 1 aliphatic heterocycles. The third-order valence-corrected chi connectivity index (χ3v) is 6.16. The highest BCUT2D eigenvalue weighted by Gasteiger charge is 2.46. The maximum atomic E-state index is 12.7. The smallest absolute Gasteiger partial charge is 0.291 e. The van der Waals surface area contributed by atoms with Crippen molar-refractivity contribution in [2.24, 2.45) is 5.41 Å². The molecule has 0 radical (unpaired) electrons. The third-order valence-electron chi connectivity index (χ3n) is 6.16. The number of piperidine rings is 1. The van der Waals surface area contributed by atoms with E-state index in [1.807, 2.05) is 4.90 Å². The first kappa shape index (κ1) is 18.8. The molecule has 2 aromatic heterocycles. The molecule has 1 saturated heterocycles. The molecule has 1 unspecified atom stereocenters. The Bertz CT molecular complexity index is 825. The summed E-state index contributed by atoms with van der Waals surface area (Å²) in [5.74, 6) is 0.455. The summed E-state index contributed by atoms with van der Waals surface area (Å²) in [6.45, 7) is 1.94. The van der Waals surface area contributed by atoms with Gasteiger partial charge >= 0.3 is 0 Å². The van der Waals surface area contributed by atoms with Gasteiger partial charge < -0.3 is 15.0 Å². The van der Waals surface area contributed by atoms with Crippen LogP contribution < -0.4 is 5.32 Å². The average Bonchev–Trinajstić information content (AvgIpc) is 3.31. The Labute approximate surface area is 163 Å². The van der Waals surface area contributed by atoms with Gasteiger partial charge in [0.05, 0.1) is 13.0 Å². The Morgan fingerprint density at radius 3 is 2.89 bits per heavy atom. The van der Waals surface area contributed by atoms with Crippen molar-refractivity contribution in [2.45, 2.75) is 44.6 Å². The molecule has 2 fully saturated rings. The van der Waals surface area contributed by atoms with E-state index >= 15 is 0 Å². The van der Waals surface area contributed by atoms with Gasteiger partial charge in [-0.15, -0.1) is 5.10 Å². The second-order valence-corrected chi connectivity index (χ2v) is 7.70. The van der Waals surface area contributed by atoms with E-state index in [9.17, 15) is 9.59 Å². The monoisotopic (exact) mass is 386 g/mol. The molecule has 4 rings (SSSR count). The Balaban J connectivity index is 1.40. The number of nitrogens with zero attached hydrogens (tertiary/aromatic N) is 5. The van der Waals surface area contributed by atoms with Crippen molar-refractivity contribution in [2.75, 3.05) is 26.8 Å². The minimum Gasteiger partial charge on any atom is -0.384 e. The zero-order chi connectivity index (χ0) is 19.6. The number of fused-ring (bicyclic) bond motifs is 1. The molecule has 28 heavy (non-hydrogen) atoms.